The molecule has 26 heavy (non-hydrogen) atoms. The molecule has 0 unspecified atom stereocenters. The zero-order valence-electron chi connectivity index (χ0n) is 14.9. The molecular weight excluding hydrogens is 334 g/mol. The van der Waals surface area contributed by atoms with E-state index < -0.39 is 5.60 Å². The Morgan fingerprint density at radius 2 is 1.88 bits per heavy atom. The maximum atomic E-state index is 13.2. The SMILES string of the molecule is O=C1NC[C@]2(CCCN(C(=O)c3ccccc3N3CCOCC3)CC2)O1. The van der Waals surface area contributed by atoms with E-state index in [2.05, 4.69) is 10.2 Å². The molecule has 3 aliphatic rings. The van der Waals surface area contributed by atoms with Crippen molar-refractivity contribution in [3.05, 3.63) is 29.8 Å². The van der Waals surface area contributed by atoms with Crippen LogP contribution in [0.4, 0.5) is 10.5 Å². The third-order valence-electron chi connectivity index (χ3n) is 5.54. The van der Waals surface area contributed by atoms with Gasteiger partial charge in [0, 0.05) is 38.3 Å². The van der Waals surface area contributed by atoms with Gasteiger partial charge in [-0.2, -0.15) is 0 Å². The maximum Gasteiger partial charge on any atom is 0.407 e. The van der Waals surface area contributed by atoms with Crippen LogP contribution < -0.4 is 10.2 Å². The van der Waals surface area contributed by atoms with Crippen LogP contribution in [0.2, 0.25) is 0 Å². The number of anilines is 1. The highest BCUT2D eigenvalue weighted by atomic mass is 16.6. The van der Waals surface area contributed by atoms with Gasteiger partial charge < -0.3 is 24.6 Å². The van der Waals surface area contributed by atoms with Crippen LogP contribution in [0.25, 0.3) is 0 Å². The number of ether oxygens (including phenoxy) is 2. The maximum absolute atomic E-state index is 13.2. The Labute approximate surface area is 153 Å². The lowest BCUT2D eigenvalue weighted by atomic mass is 9.95. The van der Waals surface area contributed by atoms with E-state index >= 15 is 0 Å². The first-order valence-corrected chi connectivity index (χ1v) is 9.35. The fraction of sp³-hybridized carbons (Fsp3) is 0.579. The summed E-state index contributed by atoms with van der Waals surface area (Å²) in [6, 6.07) is 7.81. The number of amides is 2. The molecule has 3 heterocycles. The van der Waals surface area contributed by atoms with Gasteiger partial charge in [-0.3, -0.25) is 4.79 Å². The Hall–Kier alpha value is -2.28. The number of alkyl carbamates (subject to hydrolysis) is 1. The highest BCUT2D eigenvalue weighted by Crippen LogP contribution is 2.31. The van der Waals surface area contributed by atoms with Crippen LogP contribution >= 0.6 is 0 Å². The van der Waals surface area contributed by atoms with Gasteiger partial charge in [0.25, 0.3) is 5.91 Å². The van der Waals surface area contributed by atoms with E-state index in [4.69, 9.17) is 9.47 Å². The van der Waals surface area contributed by atoms with Crippen LogP contribution in [0.5, 0.6) is 0 Å². The fourth-order valence-electron chi connectivity index (χ4n) is 4.06. The number of carbonyl (C=O) groups excluding carboxylic acids is 2. The second-order valence-electron chi connectivity index (χ2n) is 7.19. The van der Waals surface area contributed by atoms with Crippen LogP contribution in [0.3, 0.4) is 0 Å². The number of hydrogen-bond donors (Lipinski definition) is 1. The highest BCUT2D eigenvalue weighted by Gasteiger charge is 2.42. The van der Waals surface area contributed by atoms with Gasteiger partial charge in [-0.15, -0.1) is 0 Å². The molecule has 2 amide bonds. The fourth-order valence-corrected chi connectivity index (χ4v) is 4.06. The highest BCUT2D eigenvalue weighted by molar-refractivity contribution is 5.99. The predicted octanol–water partition coefficient (Wildman–Crippen LogP) is 1.63. The van der Waals surface area contributed by atoms with Gasteiger partial charge in [0.05, 0.1) is 25.3 Å². The van der Waals surface area contributed by atoms with Crippen molar-refractivity contribution in [3.63, 3.8) is 0 Å². The molecule has 0 saturated carbocycles. The molecule has 0 aliphatic carbocycles. The van der Waals surface area contributed by atoms with Crippen molar-refractivity contribution < 1.29 is 19.1 Å². The molecule has 0 radical (unpaired) electrons. The summed E-state index contributed by atoms with van der Waals surface area (Å²) < 4.78 is 10.9. The molecule has 1 N–H and O–H groups in total. The van der Waals surface area contributed by atoms with Gasteiger partial charge >= 0.3 is 6.09 Å². The summed E-state index contributed by atoms with van der Waals surface area (Å²) in [5.74, 6) is 0.0569. The van der Waals surface area contributed by atoms with Crippen LogP contribution in [-0.4, -0.2) is 68.4 Å². The van der Waals surface area contributed by atoms with E-state index in [1.807, 2.05) is 29.2 Å². The predicted molar refractivity (Wildman–Crippen MR) is 96.4 cm³/mol. The second kappa shape index (κ2) is 7.15. The molecule has 1 spiro atoms. The molecule has 3 saturated heterocycles. The third kappa shape index (κ3) is 3.35. The van der Waals surface area contributed by atoms with Crippen LogP contribution in [0, 0.1) is 0 Å². The Kier molecular flexibility index (Phi) is 4.72. The van der Waals surface area contributed by atoms with E-state index in [1.54, 1.807) is 0 Å². The first-order valence-electron chi connectivity index (χ1n) is 9.35. The molecule has 140 valence electrons. The zero-order valence-corrected chi connectivity index (χ0v) is 14.9. The summed E-state index contributed by atoms with van der Waals surface area (Å²) in [5, 5.41) is 2.75. The molecule has 3 aliphatic heterocycles. The molecule has 7 heteroatoms. The molecular formula is C19H25N3O4. The molecule has 0 aromatic heterocycles. The summed E-state index contributed by atoms with van der Waals surface area (Å²) in [6.45, 7) is 4.81. The monoisotopic (exact) mass is 359 g/mol. The van der Waals surface area contributed by atoms with Crippen molar-refractivity contribution in [3.8, 4) is 0 Å². The van der Waals surface area contributed by atoms with Gasteiger partial charge in [-0.1, -0.05) is 12.1 Å². The number of hydrogen-bond acceptors (Lipinski definition) is 5. The quantitative estimate of drug-likeness (QED) is 0.869. The van der Waals surface area contributed by atoms with E-state index in [9.17, 15) is 9.59 Å². The smallest absolute Gasteiger partial charge is 0.407 e. The average Bonchev–Trinajstić information content (AvgIpc) is 2.92. The largest absolute Gasteiger partial charge is 0.441 e. The Bertz CT molecular complexity index is 689. The standard InChI is InChI=1S/C19H25N3O4/c23-17(15-4-1-2-5-16(15)21-10-12-25-13-11-21)22-8-3-6-19(7-9-22)14-20-18(24)26-19/h1-2,4-5H,3,6-14H2,(H,20,24)/t19-/m1/s1. The van der Waals surface area contributed by atoms with E-state index in [-0.39, 0.29) is 12.0 Å². The van der Waals surface area contributed by atoms with Crippen LogP contribution in [0.1, 0.15) is 29.6 Å². The number of benzene rings is 1. The lowest BCUT2D eigenvalue weighted by Gasteiger charge is -2.31. The lowest BCUT2D eigenvalue weighted by molar-refractivity contribution is 0.0438. The van der Waals surface area contributed by atoms with Gasteiger partial charge in [0.15, 0.2) is 0 Å². The first kappa shape index (κ1) is 17.1. The van der Waals surface area contributed by atoms with Crippen molar-refractivity contribution in [2.75, 3.05) is 50.8 Å². The van der Waals surface area contributed by atoms with Crippen LogP contribution in [-0.2, 0) is 9.47 Å². The number of nitrogens with zero attached hydrogens (tertiary/aromatic N) is 2. The van der Waals surface area contributed by atoms with Crippen molar-refractivity contribution in [1.29, 1.82) is 0 Å². The van der Waals surface area contributed by atoms with Crippen molar-refractivity contribution >= 4 is 17.7 Å². The number of para-hydroxylation sites is 1. The van der Waals surface area contributed by atoms with E-state index in [1.165, 1.54) is 0 Å². The molecule has 7 nitrogen and oxygen atoms in total. The van der Waals surface area contributed by atoms with Gasteiger partial charge in [0.2, 0.25) is 0 Å². The summed E-state index contributed by atoms with van der Waals surface area (Å²) in [5.41, 5.74) is 1.27. The zero-order chi connectivity index (χ0) is 18.0. The van der Waals surface area contributed by atoms with Gasteiger partial charge in [-0.05, 0) is 25.0 Å². The minimum atomic E-state index is -0.449. The molecule has 3 fully saturated rings. The summed E-state index contributed by atoms with van der Waals surface area (Å²) in [4.78, 5) is 28.8. The number of morpholine rings is 1. The molecule has 1 atom stereocenters. The second-order valence-corrected chi connectivity index (χ2v) is 7.19. The number of rotatable bonds is 2. The lowest BCUT2D eigenvalue weighted by Crippen LogP contribution is -2.39. The third-order valence-corrected chi connectivity index (χ3v) is 5.54. The normalized spacial score (nSPS) is 26.4. The van der Waals surface area contributed by atoms with Gasteiger partial charge in [0.1, 0.15) is 5.60 Å². The van der Waals surface area contributed by atoms with Crippen molar-refractivity contribution in [2.45, 2.75) is 24.9 Å². The first-order chi connectivity index (χ1) is 12.7. The number of nitrogens with one attached hydrogen (secondary N) is 1. The Morgan fingerprint density at radius 1 is 1.08 bits per heavy atom. The molecule has 4 rings (SSSR count). The number of likely N-dealkylation sites (tertiary alicyclic amines) is 1. The summed E-state index contributed by atoms with van der Waals surface area (Å²) >= 11 is 0. The van der Waals surface area contributed by atoms with E-state index in [0.717, 1.165) is 37.2 Å². The minimum Gasteiger partial charge on any atom is -0.441 e. The molecule has 0 bridgehead atoms. The number of carbonyl (C=O) groups is 2. The Balaban J connectivity index is 1.50. The topological polar surface area (TPSA) is 71.1 Å². The summed E-state index contributed by atoms with van der Waals surface area (Å²) in [7, 11) is 0. The summed E-state index contributed by atoms with van der Waals surface area (Å²) in [6.07, 6.45) is 1.96. The molecule has 1 aromatic carbocycles. The minimum absolute atomic E-state index is 0.0569. The average molecular weight is 359 g/mol. The van der Waals surface area contributed by atoms with Crippen LogP contribution in [0.15, 0.2) is 24.3 Å². The van der Waals surface area contributed by atoms with Crippen molar-refractivity contribution in [1.82, 2.24) is 10.2 Å². The van der Waals surface area contributed by atoms with Crippen molar-refractivity contribution in [2.24, 2.45) is 0 Å². The molecule has 1 aromatic rings. The Morgan fingerprint density at radius 3 is 2.65 bits per heavy atom. The van der Waals surface area contributed by atoms with Gasteiger partial charge in [-0.25, -0.2) is 4.79 Å². The van der Waals surface area contributed by atoms with E-state index in [0.29, 0.717) is 39.3 Å².